The van der Waals surface area contributed by atoms with Crippen LogP contribution in [0.5, 0.6) is 0 Å². The molecule has 7 heteroatoms. The minimum absolute atomic E-state index is 0.0249. The van der Waals surface area contributed by atoms with Gasteiger partial charge in [0.15, 0.2) is 0 Å². The lowest BCUT2D eigenvalue weighted by molar-refractivity contribution is -0.115. The predicted molar refractivity (Wildman–Crippen MR) is 114 cm³/mol. The van der Waals surface area contributed by atoms with E-state index in [-0.39, 0.29) is 11.9 Å². The molecule has 2 heterocycles. The largest absolute Gasteiger partial charge is 0.351 e. The first-order valence-electron chi connectivity index (χ1n) is 10.6. The first-order valence-corrected chi connectivity index (χ1v) is 11.5. The second kappa shape index (κ2) is 9.80. The number of nitrogens with one attached hydrogen (secondary N) is 1. The number of nitrogens with zero attached hydrogens (tertiary/aromatic N) is 3. The van der Waals surface area contributed by atoms with Crippen molar-refractivity contribution in [3.8, 4) is 0 Å². The van der Waals surface area contributed by atoms with Gasteiger partial charge in [0.1, 0.15) is 4.88 Å². The summed E-state index contributed by atoms with van der Waals surface area (Å²) in [7, 11) is 0. The van der Waals surface area contributed by atoms with Crippen LogP contribution in [0, 0.1) is 5.92 Å². The summed E-state index contributed by atoms with van der Waals surface area (Å²) in [6, 6.07) is 10.8. The smallest absolute Gasteiger partial charge is 0.262 e. The van der Waals surface area contributed by atoms with Crippen molar-refractivity contribution >= 4 is 17.2 Å². The SMILES string of the molecule is O=C(NCCCN1CCC(CN(O)C2CC2c2ccccc2)CC1)c1cncs1. The summed E-state index contributed by atoms with van der Waals surface area (Å²) in [5.74, 6) is 1.03. The maximum atomic E-state index is 11.9. The third-order valence-electron chi connectivity index (χ3n) is 6.11. The third-order valence-corrected chi connectivity index (χ3v) is 6.88. The van der Waals surface area contributed by atoms with Crippen molar-refractivity contribution in [2.24, 2.45) is 5.92 Å². The molecule has 4 rings (SSSR count). The summed E-state index contributed by atoms with van der Waals surface area (Å²) >= 11 is 1.37. The van der Waals surface area contributed by atoms with Gasteiger partial charge >= 0.3 is 0 Å². The first-order chi connectivity index (χ1) is 14.2. The number of hydrogen-bond donors (Lipinski definition) is 2. The van der Waals surface area contributed by atoms with Crippen LogP contribution < -0.4 is 5.32 Å². The molecule has 2 aliphatic rings. The summed E-state index contributed by atoms with van der Waals surface area (Å²) in [5, 5.41) is 15.1. The van der Waals surface area contributed by atoms with E-state index < -0.39 is 0 Å². The highest BCUT2D eigenvalue weighted by Crippen LogP contribution is 2.44. The van der Waals surface area contributed by atoms with Crippen LogP contribution in [-0.4, -0.2) is 64.8 Å². The van der Waals surface area contributed by atoms with E-state index in [1.54, 1.807) is 16.8 Å². The number of piperidine rings is 1. The van der Waals surface area contributed by atoms with Crippen molar-refractivity contribution in [2.45, 2.75) is 37.6 Å². The molecule has 1 saturated carbocycles. The van der Waals surface area contributed by atoms with Gasteiger partial charge in [0, 0.05) is 25.0 Å². The van der Waals surface area contributed by atoms with Gasteiger partial charge in [-0.25, -0.2) is 0 Å². The third kappa shape index (κ3) is 5.63. The molecule has 2 atom stereocenters. The fraction of sp³-hybridized carbons (Fsp3) is 0.545. The molecular formula is C22H30N4O2S. The Balaban J connectivity index is 1.09. The topological polar surface area (TPSA) is 68.7 Å². The van der Waals surface area contributed by atoms with Crippen LogP contribution in [-0.2, 0) is 0 Å². The average Bonchev–Trinajstić information content (AvgIpc) is 3.37. The van der Waals surface area contributed by atoms with E-state index in [4.69, 9.17) is 0 Å². The highest BCUT2D eigenvalue weighted by Gasteiger charge is 2.43. The van der Waals surface area contributed by atoms with E-state index >= 15 is 0 Å². The Hall–Kier alpha value is -1.80. The lowest BCUT2D eigenvalue weighted by Crippen LogP contribution is -2.39. The minimum atomic E-state index is -0.0249. The standard InChI is InChI=1S/C22H30N4O2S/c27-22(21-14-23-16-29-21)24-9-4-10-25-11-7-17(8-12-25)15-26(28)20-13-19(20)18-5-2-1-3-6-18/h1-3,5-6,14,16-17,19-20,28H,4,7-13,15H2,(H,24,27). The minimum Gasteiger partial charge on any atom is -0.351 e. The van der Waals surface area contributed by atoms with Crippen LogP contribution in [0.1, 0.15) is 46.8 Å². The van der Waals surface area contributed by atoms with Gasteiger partial charge in [-0.15, -0.1) is 11.3 Å². The van der Waals surface area contributed by atoms with Gasteiger partial charge in [0.25, 0.3) is 5.91 Å². The molecule has 0 radical (unpaired) electrons. The van der Waals surface area contributed by atoms with Gasteiger partial charge in [-0.2, -0.15) is 5.06 Å². The van der Waals surface area contributed by atoms with Crippen LogP contribution in [0.15, 0.2) is 42.0 Å². The Morgan fingerprint density at radius 1 is 1.28 bits per heavy atom. The van der Waals surface area contributed by atoms with Crippen LogP contribution in [0.4, 0.5) is 0 Å². The number of rotatable bonds is 9. The monoisotopic (exact) mass is 414 g/mol. The maximum Gasteiger partial charge on any atom is 0.262 e. The lowest BCUT2D eigenvalue weighted by atomic mass is 9.96. The first kappa shape index (κ1) is 20.5. The van der Waals surface area contributed by atoms with Gasteiger partial charge in [-0.3, -0.25) is 9.78 Å². The fourth-order valence-electron chi connectivity index (χ4n) is 4.28. The van der Waals surface area contributed by atoms with Gasteiger partial charge in [-0.05, 0) is 56.8 Å². The van der Waals surface area contributed by atoms with Crippen LogP contribution >= 0.6 is 11.3 Å². The summed E-state index contributed by atoms with van der Waals surface area (Å²) < 4.78 is 0. The molecule has 1 aromatic carbocycles. The number of aromatic nitrogens is 1. The molecule has 1 aromatic heterocycles. The second-order valence-electron chi connectivity index (χ2n) is 8.20. The van der Waals surface area contributed by atoms with E-state index in [2.05, 4.69) is 39.5 Å². The van der Waals surface area contributed by atoms with Crippen molar-refractivity contribution in [1.29, 1.82) is 0 Å². The molecule has 2 unspecified atom stereocenters. The van der Waals surface area contributed by atoms with E-state index in [0.717, 1.165) is 51.9 Å². The van der Waals surface area contributed by atoms with Crippen molar-refractivity contribution < 1.29 is 10.0 Å². The van der Waals surface area contributed by atoms with Gasteiger partial charge in [0.05, 0.1) is 11.7 Å². The number of carbonyl (C=O) groups excluding carboxylic acids is 1. The number of benzene rings is 1. The number of thiazole rings is 1. The second-order valence-corrected chi connectivity index (χ2v) is 9.09. The Morgan fingerprint density at radius 2 is 2.07 bits per heavy atom. The van der Waals surface area contributed by atoms with Crippen LogP contribution in [0.3, 0.4) is 0 Å². The molecule has 2 fully saturated rings. The van der Waals surface area contributed by atoms with Crippen molar-refractivity contribution in [3.05, 3.63) is 52.5 Å². The van der Waals surface area contributed by atoms with E-state index in [1.807, 2.05) is 6.07 Å². The highest BCUT2D eigenvalue weighted by molar-refractivity contribution is 7.11. The lowest BCUT2D eigenvalue weighted by Gasteiger charge is -2.33. The molecule has 2 N–H and O–H groups in total. The molecule has 0 spiro atoms. The Morgan fingerprint density at radius 3 is 2.79 bits per heavy atom. The number of hydroxylamine groups is 2. The molecule has 0 bridgehead atoms. The highest BCUT2D eigenvalue weighted by atomic mass is 32.1. The molecule has 2 aromatic rings. The van der Waals surface area contributed by atoms with Crippen molar-refractivity contribution in [3.63, 3.8) is 0 Å². The predicted octanol–water partition coefficient (Wildman–Crippen LogP) is 3.22. The van der Waals surface area contributed by atoms with Crippen molar-refractivity contribution in [1.82, 2.24) is 20.3 Å². The zero-order chi connectivity index (χ0) is 20.1. The molecule has 1 saturated heterocycles. The average molecular weight is 415 g/mol. The normalized spacial score (nSPS) is 22.7. The van der Waals surface area contributed by atoms with Gasteiger partial charge in [0.2, 0.25) is 0 Å². The van der Waals surface area contributed by atoms with E-state index in [9.17, 15) is 10.0 Å². The summed E-state index contributed by atoms with van der Waals surface area (Å²) in [6.45, 7) is 4.65. The summed E-state index contributed by atoms with van der Waals surface area (Å²) in [4.78, 5) is 19.0. The zero-order valence-corrected chi connectivity index (χ0v) is 17.6. The molecule has 1 aliphatic heterocycles. The summed E-state index contributed by atoms with van der Waals surface area (Å²) in [5.41, 5.74) is 3.02. The molecular weight excluding hydrogens is 384 g/mol. The Labute approximate surface area is 176 Å². The molecule has 1 amide bonds. The van der Waals surface area contributed by atoms with Gasteiger partial charge in [-0.1, -0.05) is 30.3 Å². The van der Waals surface area contributed by atoms with E-state index in [0.29, 0.717) is 23.3 Å². The Kier molecular flexibility index (Phi) is 6.92. The Bertz CT molecular complexity index is 762. The number of hydrogen-bond acceptors (Lipinski definition) is 6. The quantitative estimate of drug-likeness (QED) is 0.487. The van der Waals surface area contributed by atoms with Crippen molar-refractivity contribution in [2.75, 3.05) is 32.7 Å². The molecule has 156 valence electrons. The molecule has 6 nitrogen and oxygen atoms in total. The van der Waals surface area contributed by atoms with Gasteiger partial charge < -0.3 is 15.4 Å². The number of carbonyl (C=O) groups is 1. The van der Waals surface area contributed by atoms with Crippen LogP contribution in [0.2, 0.25) is 0 Å². The van der Waals surface area contributed by atoms with E-state index in [1.165, 1.54) is 16.9 Å². The maximum absolute atomic E-state index is 11.9. The zero-order valence-electron chi connectivity index (χ0n) is 16.7. The number of amides is 1. The summed E-state index contributed by atoms with van der Waals surface area (Å²) in [6.07, 6.45) is 5.90. The molecule has 1 aliphatic carbocycles. The molecule has 29 heavy (non-hydrogen) atoms. The van der Waals surface area contributed by atoms with Crippen LogP contribution in [0.25, 0.3) is 0 Å². The number of likely N-dealkylation sites (tertiary alicyclic amines) is 1. The fourth-order valence-corrected chi connectivity index (χ4v) is 4.82.